The van der Waals surface area contributed by atoms with Gasteiger partial charge in [-0.2, -0.15) is 5.10 Å². The molecule has 2 N–H and O–H groups in total. The topological polar surface area (TPSA) is 64.8 Å². The lowest BCUT2D eigenvalue weighted by molar-refractivity contribution is 0.0745. The van der Waals surface area contributed by atoms with Crippen molar-refractivity contribution in [3.63, 3.8) is 0 Å². The van der Waals surface area contributed by atoms with Crippen molar-refractivity contribution in [1.29, 1.82) is 0 Å². The third-order valence-corrected chi connectivity index (χ3v) is 5.46. The monoisotopic (exact) mass is 356 g/mol. The molecule has 1 amide bonds. The molecule has 0 aliphatic carbocycles. The fourth-order valence-electron chi connectivity index (χ4n) is 4.14. The zero-order chi connectivity index (χ0) is 18.4. The summed E-state index contributed by atoms with van der Waals surface area (Å²) in [4.78, 5) is 18.3. The van der Waals surface area contributed by atoms with E-state index >= 15 is 0 Å². The van der Waals surface area contributed by atoms with Crippen molar-refractivity contribution in [2.24, 2.45) is 0 Å². The van der Waals surface area contributed by atoms with E-state index < -0.39 is 0 Å². The number of nitrogens with one attached hydrogen (secondary N) is 2. The van der Waals surface area contributed by atoms with E-state index in [2.05, 4.69) is 39.4 Å². The number of aromatic nitrogens is 3. The third kappa shape index (κ3) is 2.46. The second kappa shape index (κ2) is 6.13. The van der Waals surface area contributed by atoms with Crippen molar-refractivity contribution in [1.82, 2.24) is 20.1 Å². The van der Waals surface area contributed by atoms with E-state index in [1.54, 1.807) is 0 Å². The van der Waals surface area contributed by atoms with Crippen molar-refractivity contribution in [3.8, 4) is 0 Å². The van der Waals surface area contributed by atoms with Crippen LogP contribution in [0.5, 0.6) is 0 Å². The molecule has 3 heterocycles. The Morgan fingerprint density at radius 1 is 1.07 bits per heavy atom. The molecule has 1 aliphatic heterocycles. The number of fused-ring (bicyclic) bond motifs is 2. The van der Waals surface area contributed by atoms with Gasteiger partial charge in [0.25, 0.3) is 5.91 Å². The first-order chi connectivity index (χ1) is 13.2. The molecule has 5 rings (SSSR count). The minimum absolute atomic E-state index is 0.00282. The maximum Gasteiger partial charge on any atom is 0.275 e. The average Bonchev–Trinajstić information content (AvgIpc) is 3.36. The number of hydrogen-bond donors (Lipinski definition) is 2. The number of hydrogen-bond acceptors (Lipinski definition) is 2. The molecular weight excluding hydrogens is 336 g/mol. The van der Waals surface area contributed by atoms with Gasteiger partial charge in [-0.25, -0.2) is 0 Å². The average molecular weight is 356 g/mol. The van der Waals surface area contributed by atoms with Crippen molar-refractivity contribution >= 4 is 16.8 Å². The Morgan fingerprint density at radius 2 is 1.85 bits per heavy atom. The van der Waals surface area contributed by atoms with Crippen LogP contribution in [0.25, 0.3) is 10.9 Å². The minimum Gasteiger partial charge on any atom is -0.361 e. The maximum absolute atomic E-state index is 13.1. The molecule has 5 nitrogen and oxygen atoms in total. The fourth-order valence-corrected chi connectivity index (χ4v) is 4.14. The van der Waals surface area contributed by atoms with Gasteiger partial charge in [0, 0.05) is 34.9 Å². The van der Waals surface area contributed by atoms with Crippen LogP contribution in [-0.2, 0) is 6.42 Å². The van der Waals surface area contributed by atoms with Crippen molar-refractivity contribution in [3.05, 3.63) is 88.9 Å². The van der Waals surface area contributed by atoms with Crippen LogP contribution in [-0.4, -0.2) is 32.5 Å². The number of benzene rings is 2. The number of para-hydroxylation sites is 1. The second-order valence-electron chi connectivity index (χ2n) is 7.03. The quantitative estimate of drug-likeness (QED) is 0.581. The molecule has 0 saturated carbocycles. The summed E-state index contributed by atoms with van der Waals surface area (Å²) in [5.74, 6) is 0.00282. The van der Waals surface area contributed by atoms with Crippen molar-refractivity contribution < 1.29 is 4.79 Å². The van der Waals surface area contributed by atoms with Crippen LogP contribution < -0.4 is 0 Å². The molecule has 134 valence electrons. The van der Waals surface area contributed by atoms with Gasteiger partial charge in [-0.1, -0.05) is 48.5 Å². The fraction of sp³-hybridized carbons (Fsp3) is 0.182. The van der Waals surface area contributed by atoms with E-state index in [1.165, 1.54) is 10.9 Å². The Balaban J connectivity index is 1.50. The second-order valence-corrected chi connectivity index (χ2v) is 7.03. The molecule has 0 fully saturated rings. The normalized spacial score (nSPS) is 16.3. The molecular formula is C22H20N4O. The van der Waals surface area contributed by atoms with Crippen molar-refractivity contribution in [2.45, 2.75) is 19.4 Å². The first-order valence-corrected chi connectivity index (χ1v) is 9.20. The Bertz CT molecular complexity index is 1130. The highest BCUT2D eigenvalue weighted by atomic mass is 16.2. The van der Waals surface area contributed by atoms with E-state index in [1.807, 2.05) is 48.4 Å². The van der Waals surface area contributed by atoms with E-state index in [0.717, 1.165) is 28.8 Å². The molecule has 27 heavy (non-hydrogen) atoms. The number of aryl methyl sites for hydroxylation is 1. The summed E-state index contributed by atoms with van der Waals surface area (Å²) in [5, 5.41) is 8.47. The first-order valence-electron chi connectivity index (χ1n) is 9.20. The van der Waals surface area contributed by atoms with Gasteiger partial charge in [0.05, 0.1) is 6.04 Å². The van der Waals surface area contributed by atoms with Gasteiger partial charge < -0.3 is 9.88 Å². The Hall–Kier alpha value is -3.34. The highest BCUT2D eigenvalue weighted by molar-refractivity contribution is 5.98. The number of rotatable bonds is 4. The van der Waals surface area contributed by atoms with Crippen LogP contribution in [0.2, 0.25) is 0 Å². The van der Waals surface area contributed by atoms with E-state index in [4.69, 9.17) is 0 Å². The van der Waals surface area contributed by atoms with Gasteiger partial charge in [-0.15, -0.1) is 0 Å². The third-order valence-electron chi connectivity index (χ3n) is 5.46. The zero-order valence-corrected chi connectivity index (χ0v) is 15.1. The largest absolute Gasteiger partial charge is 0.361 e. The molecule has 0 spiro atoms. The van der Waals surface area contributed by atoms with Crippen LogP contribution in [0, 0.1) is 6.92 Å². The number of aromatic amines is 2. The van der Waals surface area contributed by atoms with Crippen LogP contribution in [0.15, 0.2) is 60.8 Å². The molecule has 1 unspecified atom stereocenters. The van der Waals surface area contributed by atoms with Crippen molar-refractivity contribution in [2.75, 3.05) is 6.54 Å². The summed E-state index contributed by atoms with van der Waals surface area (Å²) in [7, 11) is 0. The lowest BCUT2D eigenvalue weighted by Crippen LogP contribution is -2.31. The van der Waals surface area contributed by atoms with Crippen LogP contribution >= 0.6 is 0 Å². The highest BCUT2D eigenvalue weighted by Gasteiger charge is 2.41. The molecule has 0 saturated heterocycles. The number of nitrogens with zero attached hydrogens (tertiary/aromatic N) is 2. The first kappa shape index (κ1) is 15.9. The number of amides is 1. The summed E-state index contributed by atoms with van der Waals surface area (Å²) < 4.78 is 0. The summed E-state index contributed by atoms with van der Waals surface area (Å²) in [5.41, 5.74) is 6.00. The molecule has 1 aliphatic rings. The highest BCUT2D eigenvalue weighted by Crippen LogP contribution is 2.39. The molecule has 0 bridgehead atoms. The van der Waals surface area contributed by atoms with Crippen LogP contribution in [0.3, 0.4) is 0 Å². The lowest BCUT2D eigenvalue weighted by atomic mass is 9.99. The van der Waals surface area contributed by atoms with Gasteiger partial charge in [0.1, 0.15) is 0 Å². The minimum atomic E-state index is -0.0855. The van der Waals surface area contributed by atoms with Gasteiger partial charge in [-0.05, 0) is 30.5 Å². The molecule has 5 heteroatoms. The summed E-state index contributed by atoms with van der Waals surface area (Å²) in [6.07, 6.45) is 2.85. The smallest absolute Gasteiger partial charge is 0.275 e. The number of carbonyl (C=O) groups is 1. The summed E-state index contributed by atoms with van der Waals surface area (Å²) in [6.45, 7) is 2.63. The van der Waals surface area contributed by atoms with Gasteiger partial charge in [0.15, 0.2) is 5.69 Å². The zero-order valence-electron chi connectivity index (χ0n) is 15.1. The standard InChI is InChI=1S/C22H20N4O/c1-14-19-20(25-24-14)22(27)26(21(19)15-7-3-2-4-8-15)12-11-16-13-23-18-10-6-5-9-17(16)18/h2-10,13,21,23H,11-12H2,1H3,(H,24,25). The Morgan fingerprint density at radius 3 is 2.70 bits per heavy atom. The molecule has 2 aromatic heterocycles. The SMILES string of the molecule is Cc1[nH]nc2c1C(c1ccccc1)N(CCc1c[nH]c3ccccc13)C2=O. The van der Waals surface area contributed by atoms with Gasteiger partial charge >= 0.3 is 0 Å². The Kier molecular flexibility index (Phi) is 3.60. The summed E-state index contributed by atoms with van der Waals surface area (Å²) in [6, 6.07) is 18.4. The number of carbonyl (C=O) groups excluding carboxylic acids is 1. The predicted molar refractivity (Wildman–Crippen MR) is 105 cm³/mol. The predicted octanol–water partition coefficient (Wildman–Crippen LogP) is 3.99. The molecule has 0 radical (unpaired) electrons. The maximum atomic E-state index is 13.1. The van der Waals surface area contributed by atoms with Crippen LogP contribution in [0.4, 0.5) is 0 Å². The Labute approximate surface area is 157 Å². The summed E-state index contributed by atoms with van der Waals surface area (Å²) >= 11 is 0. The van der Waals surface area contributed by atoms with Gasteiger partial charge in [-0.3, -0.25) is 9.89 Å². The number of H-pyrrole nitrogens is 2. The van der Waals surface area contributed by atoms with E-state index in [-0.39, 0.29) is 11.9 Å². The van der Waals surface area contributed by atoms with E-state index in [9.17, 15) is 4.79 Å². The van der Waals surface area contributed by atoms with Crippen LogP contribution in [0.1, 0.15) is 38.9 Å². The van der Waals surface area contributed by atoms with Gasteiger partial charge in [0.2, 0.25) is 0 Å². The van der Waals surface area contributed by atoms with E-state index in [0.29, 0.717) is 12.2 Å². The molecule has 1 atom stereocenters. The molecule has 2 aromatic carbocycles. The molecule has 4 aromatic rings. The lowest BCUT2D eigenvalue weighted by Gasteiger charge is -2.26.